The Kier molecular flexibility index (Phi) is 12.9. The smallest absolute Gasteiger partial charge is 0.407 e. The third kappa shape index (κ3) is 11.0. The lowest BCUT2D eigenvalue weighted by Crippen LogP contribution is -2.48. The number of ether oxygens (including phenoxy) is 2. The first-order valence-corrected chi connectivity index (χ1v) is 17.8. The maximum absolute atomic E-state index is 14.1. The molecule has 1 heterocycles. The fourth-order valence-electron chi connectivity index (χ4n) is 6.74. The summed E-state index contributed by atoms with van der Waals surface area (Å²) in [5.41, 5.74) is 3.04. The summed E-state index contributed by atoms with van der Waals surface area (Å²) in [4.78, 5) is 31.7. The van der Waals surface area contributed by atoms with Crippen molar-refractivity contribution in [3.8, 4) is 5.75 Å². The lowest BCUT2D eigenvalue weighted by molar-refractivity contribution is -0.127. The highest BCUT2D eigenvalue weighted by atomic mass is 16.6. The minimum Gasteiger partial charge on any atom is -0.492 e. The number of carbonyl (C=O) groups is 2. The van der Waals surface area contributed by atoms with Crippen molar-refractivity contribution in [2.75, 3.05) is 46.4 Å². The molecule has 4 N–H and O–H groups in total. The van der Waals surface area contributed by atoms with Crippen molar-refractivity contribution in [2.45, 2.75) is 76.3 Å². The molecule has 270 valence electrons. The van der Waals surface area contributed by atoms with Crippen LogP contribution in [0, 0.1) is 5.92 Å². The lowest BCUT2D eigenvalue weighted by atomic mass is 9.88. The van der Waals surface area contributed by atoms with Crippen molar-refractivity contribution in [1.82, 2.24) is 20.4 Å². The second kappa shape index (κ2) is 17.3. The minimum absolute atomic E-state index is 0.0763. The van der Waals surface area contributed by atoms with Crippen molar-refractivity contribution < 1.29 is 29.3 Å². The summed E-state index contributed by atoms with van der Waals surface area (Å²) < 4.78 is 11.6. The zero-order chi connectivity index (χ0) is 35.7. The average molecular weight is 687 g/mol. The summed E-state index contributed by atoms with van der Waals surface area (Å²) in [7, 11) is 2.14. The van der Waals surface area contributed by atoms with Crippen LogP contribution in [0.5, 0.6) is 5.75 Å². The van der Waals surface area contributed by atoms with Gasteiger partial charge in [0.25, 0.3) is 0 Å². The number of piperazine rings is 1. The molecule has 2 amide bonds. The third-order valence-corrected chi connectivity index (χ3v) is 9.54. The van der Waals surface area contributed by atoms with Crippen LogP contribution in [0.2, 0.25) is 0 Å². The number of benzene rings is 3. The third-order valence-electron chi connectivity index (χ3n) is 9.54. The number of fused-ring (bicyclic) bond motifs is 1. The van der Waals surface area contributed by atoms with Crippen LogP contribution in [-0.2, 0) is 28.8 Å². The Morgan fingerprint density at radius 2 is 1.56 bits per heavy atom. The van der Waals surface area contributed by atoms with Crippen molar-refractivity contribution in [3.05, 3.63) is 101 Å². The molecule has 1 saturated heterocycles. The van der Waals surface area contributed by atoms with Crippen LogP contribution < -0.4 is 15.4 Å². The van der Waals surface area contributed by atoms with Gasteiger partial charge in [-0.05, 0) is 81.5 Å². The maximum Gasteiger partial charge on any atom is 0.407 e. The molecule has 1 fully saturated rings. The zero-order valence-corrected chi connectivity index (χ0v) is 29.9. The second-order valence-electron chi connectivity index (χ2n) is 14.7. The van der Waals surface area contributed by atoms with Gasteiger partial charge in [0, 0.05) is 45.1 Å². The summed E-state index contributed by atoms with van der Waals surface area (Å²) in [5.74, 6) is -0.167. The molecule has 0 radical (unpaired) electrons. The Morgan fingerprint density at radius 1 is 0.900 bits per heavy atom. The molecule has 0 aromatic heterocycles. The molecule has 50 heavy (non-hydrogen) atoms. The summed E-state index contributed by atoms with van der Waals surface area (Å²) >= 11 is 0. The van der Waals surface area contributed by atoms with E-state index in [9.17, 15) is 19.8 Å². The van der Waals surface area contributed by atoms with Gasteiger partial charge in [-0.1, -0.05) is 66.7 Å². The van der Waals surface area contributed by atoms with Crippen LogP contribution in [0.3, 0.4) is 0 Å². The van der Waals surface area contributed by atoms with Crippen molar-refractivity contribution >= 4 is 12.0 Å². The molecule has 0 spiro atoms. The summed E-state index contributed by atoms with van der Waals surface area (Å²) in [6.07, 6.45) is -1.21. The molecule has 0 bridgehead atoms. The monoisotopic (exact) mass is 686 g/mol. The van der Waals surface area contributed by atoms with Gasteiger partial charge in [-0.3, -0.25) is 9.69 Å². The second-order valence-corrected chi connectivity index (χ2v) is 14.7. The van der Waals surface area contributed by atoms with Crippen LogP contribution in [0.25, 0.3) is 0 Å². The van der Waals surface area contributed by atoms with E-state index in [0.717, 1.165) is 60.7 Å². The highest BCUT2D eigenvalue weighted by Gasteiger charge is 2.35. The molecular weight excluding hydrogens is 632 g/mol. The topological polar surface area (TPSA) is 124 Å². The SMILES string of the molecule is CN1CCN(CCOc2ccc(C[C@@H](C[C@H](O)[C@H](Cc3ccccc3)NC(=O)OC(C)(C)C)C(=O)NC3c4ccccc4C[C@H]3O)cc2)CC1. The van der Waals surface area contributed by atoms with E-state index in [-0.39, 0.29) is 12.3 Å². The van der Waals surface area contributed by atoms with Gasteiger partial charge in [-0.25, -0.2) is 4.79 Å². The van der Waals surface area contributed by atoms with E-state index in [2.05, 4.69) is 27.5 Å². The molecule has 5 atom stereocenters. The lowest BCUT2D eigenvalue weighted by Gasteiger charge is -2.32. The number of aliphatic hydroxyl groups is 2. The van der Waals surface area contributed by atoms with Crippen LogP contribution in [-0.4, -0.2) is 102 Å². The van der Waals surface area contributed by atoms with Gasteiger partial charge in [-0.15, -0.1) is 0 Å². The molecule has 1 aliphatic heterocycles. The first kappa shape index (κ1) is 37.3. The van der Waals surface area contributed by atoms with Crippen molar-refractivity contribution in [3.63, 3.8) is 0 Å². The van der Waals surface area contributed by atoms with Gasteiger partial charge in [0.2, 0.25) is 5.91 Å². The summed E-state index contributed by atoms with van der Waals surface area (Å²) in [6.45, 7) is 11.0. The molecule has 0 saturated carbocycles. The van der Waals surface area contributed by atoms with Gasteiger partial charge in [-0.2, -0.15) is 0 Å². The Labute approximate surface area is 296 Å². The fraction of sp³-hybridized carbons (Fsp3) is 0.500. The Morgan fingerprint density at radius 3 is 2.26 bits per heavy atom. The molecule has 3 aromatic carbocycles. The number of hydrogen-bond donors (Lipinski definition) is 4. The van der Waals surface area contributed by atoms with E-state index in [4.69, 9.17) is 9.47 Å². The quantitative estimate of drug-likeness (QED) is 0.200. The van der Waals surface area contributed by atoms with E-state index in [0.29, 0.717) is 25.9 Å². The molecular formula is C40H54N4O6. The van der Waals surface area contributed by atoms with E-state index >= 15 is 0 Å². The molecule has 10 heteroatoms. The number of alkyl carbamates (subject to hydrolysis) is 1. The molecule has 3 aromatic rings. The normalized spacial score (nSPS) is 20.0. The number of likely N-dealkylation sites (N-methyl/N-ethyl adjacent to an activating group) is 1. The molecule has 10 nitrogen and oxygen atoms in total. The number of carbonyl (C=O) groups excluding carboxylic acids is 2. The zero-order valence-electron chi connectivity index (χ0n) is 29.9. The standard InChI is InChI=1S/C40H54N4O6/c1-40(2,3)50-39(48)41-34(25-28-10-6-5-7-11-28)35(45)27-31(38(47)42-37-33-13-9-8-12-30(33)26-36(37)46)24-29-14-16-32(17-15-29)49-23-22-44-20-18-43(4)19-21-44/h5-17,31,34-37,45-46H,18-27H2,1-4H3,(H,41,48)(H,42,47)/t31-,34-,35-,36+,37?/m0/s1. The molecule has 2 aliphatic rings. The fourth-order valence-corrected chi connectivity index (χ4v) is 6.74. The van der Waals surface area contributed by atoms with Crippen LogP contribution >= 0.6 is 0 Å². The molecule has 1 unspecified atom stereocenters. The van der Waals surface area contributed by atoms with Crippen LogP contribution in [0.15, 0.2) is 78.9 Å². The number of nitrogens with zero attached hydrogens (tertiary/aromatic N) is 2. The largest absolute Gasteiger partial charge is 0.492 e. The van der Waals surface area contributed by atoms with Gasteiger partial charge < -0.3 is 35.2 Å². The van der Waals surface area contributed by atoms with Gasteiger partial charge >= 0.3 is 6.09 Å². The Hall–Kier alpha value is -3.96. The molecule has 5 rings (SSSR count). The minimum atomic E-state index is -1.07. The Bertz CT molecular complexity index is 1520. The van der Waals surface area contributed by atoms with Crippen molar-refractivity contribution in [1.29, 1.82) is 0 Å². The number of aliphatic hydroxyl groups excluding tert-OH is 2. The van der Waals surface area contributed by atoms with Gasteiger partial charge in [0.15, 0.2) is 0 Å². The van der Waals surface area contributed by atoms with E-state index in [1.54, 1.807) is 20.8 Å². The first-order valence-electron chi connectivity index (χ1n) is 17.8. The number of amides is 2. The van der Waals surface area contributed by atoms with E-state index < -0.39 is 41.9 Å². The summed E-state index contributed by atoms with van der Waals surface area (Å²) in [5, 5.41) is 28.6. The highest BCUT2D eigenvalue weighted by Crippen LogP contribution is 2.32. The van der Waals surface area contributed by atoms with Crippen molar-refractivity contribution in [2.24, 2.45) is 5.92 Å². The van der Waals surface area contributed by atoms with E-state index in [1.807, 2.05) is 78.9 Å². The average Bonchev–Trinajstić information content (AvgIpc) is 3.39. The maximum atomic E-state index is 14.1. The summed E-state index contributed by atoms with van der Waals surface area (Å²) in [6, 6.07) is 23.8. The predicted molar refractivity (Wildman–Crippen MR) is 194 cm³/mol. The number of rotatable bonds is 14. The van der Waals surface area contributed by atoms with Crippen LogP contribution in [0.1, 0.15) is 55.5 Å². The Balaban J connectivity index is 1.30. The number of nitrogens with one attached hydrogen (secondary N) is 2. The first-order chi connectivity index (χ1) is 23.9. The predicted octanol–water partition coefficient (Wildman–Crippen LogP) is 4.13. The van der Waals surface area contributed by atoms with Gasteiger partial charge in [0.1, 0.15) is 18.0 Å². The number of hydrogen-bond acceptors (Lipinski definition) is 8. The molecule has 1 aliphatic carbocycles. The highest BCUT2D eigenvalue weighted by molar-refractivity contribution is 5.80. The van der Waals surface area contributed by atoms with Gasteiger partial charge in [0.05, 0.1) is 24.3 Å². The van der Waals surface area contributed by atoms with Crippen LogP contribution in [0.4, 0.5) is 4.79 Å². The van der Waals surface area contributed by atoms with E-state index in [1.165, 1.54) is 0 Å².